The number of hydrogen-bond acceptors (Lipinski definition) is 4. The monoisotopic (exact) mass is 340 g/mol. The Labute approximate surface area is 148 Å². The van der Waals surface area contributed by atoms with E-state index >= 15 is 0 Å². The van der Waals surface area contributed by atoms with Crippen LogP contribution in [0.3, 0.4) is 0 Å². The van der Waals surface area contributed by atoms with Gasteiger partial charge in [0, 0.05) is 25.6 Å². The molecule has 1 aliphatic rings. The molecule has 0 saturated carbocycles. The van der Waals surface area contributed by atoms with Crippen LogP contribution in [-0.4, -0.2) is 31.6 Å². The Morgan fingerprint density at radius 2 is 1.76 bits per heavy atom. The zero-order valence-corrected chi connectivity index (χ0v) is 14.7. The van der Waals surface area contributed by atoms with Gasteiger partial charge in [0.05, 0.1) is 14.2 Å². The summed E-state index contributed by atoms with van der Waals surface area (Å²) in [5.41, 5.74) is 9.49. The van der Waals surface area contributed by atoms with Gasteiger partial charge in [0.2, 0.25) is 5.91 Å². The highest BCUT2D eigenvalue weighted by molar-refractivity contribution is 5.77. The fourth-order valence-corrected chi connectivity index (χ4v) is 3.23. The number of nitrogens with zero attached hydrogens (tertiary/aromatic N) is 1. The third kappa shape index (κ3) is 3.77. The molecule has 2 aromatic carbocycles. The van der Waals surface area contributed by atoms with Crippen LogP contribution in [0, 0.1) is 0 Å². The summed E-state index contributed by atoms with van der Waals surface area (Å²) in [4.78, 5) is 14.5. The molecule has 1 heterocycles. The minimum Gasteiger partial charge on any atom is -0.493 e. The van der Waals surface area contributed by atoms with Gasteiger partial charge in [0.15, 0.2) is 11.5 Å². The van der Waals surface area contributed by atoms with Crippen LogP contribution in [0.4, 0.5) is 0 Å². The summed E-state index contributed by atoms with van der Waals surface area (Å²) in [6.07, 6.45) is 1.12. The van der Waals surface area contributed by atoms with Crippen molar-refractivity contribution in [3.05, 3.63) is 59.2 Å². The van der Waals surface area contributed by atoms with Gasteiger partial charge in [0.25, 0.3) is 0 Å². The van der Waals surface area contributed by atoms with Gasteiger partial charge in [-0.3, -0.25) is 4.79 Å². The topological polar surface area (TPSA) is 64.8 Å². The summed E-state index contributed by atoms with van der Waals surface area (Å²) in [5.74, 6) is 1.50. The largest absolute Gasteiger partial charge is 0.493 e. The van der Waals surface area contributed by atoms with Crippen LogP contribution in [-0.2, 0) is 17.8 Å². The predicted molar refractivity (Wildman–Crippen MR) is 96.7 cm³/mol. The van der Waals surface area contributed by atoms with Crippen LogP contribution in [0.1, 0.15) is 29.2 Å². The molecule has 0 spiro atoms. The summed E-state index contributed by atoms with van der Waals surface area (Å²) < 4.78 is 10.7. The van der Waals surface area contributed by atoms with Crippen molar-refractivity contribution < 1.29 is 14.3 Å². The first-order valence-corrected chi connectivity index (χ1v) is 8.44. The van der Waals surface area contributed by atoms with Crippen molar-refractivity contribution in [1.82, 2.24) is 4.90 Å². The number of hydrogen-bond donors (Lipinski definition) is 1. The van der Waals surface area contributed by atoms with Gasteiger partial charge in [-0.25, -0.2) is 0 Å². The van der Waals surface area contributed by atoms with E-state index in [9.17, 15) is 4.79 Å². The van der Waals surface area contributed by atoms with E-state index in [-0.39, 0.29) is 11.9 Å². The highest BCUT2D eigenvalue weighted by Gasteiger charge is 2.24. The number of rotatable bonds is 5. The van der Waals surface area contributed by atoms with Gasteiger partial charge < -0.3 is 20.1 Å². The van der Waals surface area contributed by atoms with Crippen LogP contribution in [0.2, 0.25) is 0 Å². The Balaban J connectivity index is 1.70. The lowest BCUT2D eigenvalue weighted by molar-refractivity contribution is -0.132. The number of nitrogens with two attached hydrogens (primary N) is 1. The highest BCUT2D eigenvalue weighted by Crippen LogP contribution is 2.33. The van der Waals surface area contributed by atoms with E-state index in [1.165, 1.54) is 5.56 Å². The maximum absolute atomic E-state index is 12.7. The highest BCUT2D eigenvalue weighted by atomic mass is 16.5. The number of ether oxygens (including phenoxy) is 2. The van der Waals surface area contributed by atoms with Crippen LogP contribution in [0.15, 0.2) is 42.5 Å². The van der Waals surface area contributed by atoms with E-state index < -0.39 is 0 Å². The molecule has 3 rings (SSSR count). The molecule has 0 fully saturated rings. The molecule has 0 aliphatic carbocycles. The third-order valence-electron chi connectivity index (χ3n) is 4.69. The fourth-order valence-electron chi connectivity index (χ4n) is 3.23. The molecule has 5 nitrogen and oxygen atoms in total. The van der Waals surface area contributed by atoms with E-state index in [1.807, 2.05) is 47.4 Å². The molecule has 5 heteroatoms. The molecule has 2 aromatic rings. The number of fused-ring (bicyclic) bond motifs is 1. The number of amides is 1. The average Bonchev–Trinajstić information content (AvgIpc) is 2.66. The molecule has 1 aliphatic heterocycles. The van der Waals surface area contributed by atoms with Gasteiger partial charge in [-0.1, -0.05) is 30.3 Å². The summed E-state index contributed by atoms with van der Waals surface area (Å²) in [6.45, 7) is 1.28. The van der Waals surface area contributed by atoms with Gasteiger partial charge in [-0.05, 0) is 35.2 Å². The van der Waals surface area contributed by atoms with Crippen LogP contribution in [0.5, 0.6) is 11.5 Å². The second kappa shape index (κ2) is 7.57. The molecule has 0 aromatic heterocycles. The molecule has 132 valence electrons. The standard InChI is InChI=1S/C20H24N2O3/c1-24-18-10-15-8-9-22(13-16(15)11-19(18)25-2)20(23)12-17(21)14-6-4-3-5-7-14/h3-7,10-11,17H,8-9,12-13,21H2,1-2H3. The zero-order chi connectivity index (χ0) is 17.8. The minimum atomic E-state index is -0.277. The maximum Gasteiger partial charge on any atom is 0.224 e. The van der Waals surface area contributed by atoms with Crippen molar-refractivity contribution in [1.29, 1.82) is 0 Å². The molecular formula is C20H24N2O3. The third-order valence-corrected chi connectivity index (χ3v) is 4.69. The number of methoxy groups -OCH3 is 2. The lowest BCUT2D eigenvalue weighted by Crippen LogP contribution is -2.37. The van der Waals surface area contributed by atoms with Crippen LogP contribution >= 0.6 is 0 Å². The fraction of sp³-hybridized carbons (Fsp3) is 0.350. The smallest absolute Gasteiger partial charge is 0.224 e. The summed E-state index contributed by atoms with van der Waals surface area (Å²) in [7, 11) is 3.25. The van der Waals surface area contributed by atoms with Crippen molar-refractivity contribution in [2.75, 3.05) is 20.8 Å². The first-order chi connectivity index (χ1) is 12.1. The van der Waals surface area contributed by atoms with E-state index in [1.54, 1.807) is 14.2 Å². The Morgan fingerprint density at radius 1 is 1.12 bits per heavy atom. The molecule has 1 atom stereocenters. The molecule has 25 heavy (non-hydrogen) atoms. The molecular weight excluding hydrogens is 316 g/mol. The first-order valence-electron chi connectivity index (χ1n) is 8.44. The van der Waals surface area contributed by atoms with Crippen LogP contribution in [0.25, 0.3) is 0 Å². The molecule has 2 N–H and O–H groups in total. The summed E-state index contributed by atoms with van der Waals surface area (Å²) in [5, 5.41) is 0. The van der Waals surface area contributed by atoms with E-state index in [0.717, 1.165) is 23.3 Å². The number of benzene rings is 2. The van der Waals surface area contributed by atoms with E-state index in [4.69, 9.17) is 15.2 Å². The van der Waals surface area contributed by atoms with Gasteiger partial charge in [0.1, 0.15) is 0 Å². The van der Waals surface area contributed by atoms with Crippen LogP contribution < -0.4 is 15.2 Å². The lowest BCUT2D eigenvalue weighted by atomic mass is 9.97. The van der Waals surface area contributed by atoms with E-state index in [2.05, 4.69) is 0 Å². The Bertz CT molecular complexity index is 746. The first kappa shape index (κ1) is 17.3. The molecule has 0 bridgehead atoms. The zero-order valence-electron chi connectivity index (χ0n) is 14.7. The van der Waals surface area contributed by atoms with Crippen molar-refractivity contribution in [2.24, 2.45) is 5.73 Å². The van der Waals surface area contributed by atoms with E-state index in [0.29, 0.717) is 25.3 Å². The minimum absolute atomic E-state index is 0.0804. The summed E-state index contributed by atoms with van der Waals surface area (Å²) in [6, 6.07) is 13.4. The normalized spacial score (nSPS) is 14.6. The van der Waals surface area contributed by atoms with Gasteiger partial charge in [-0.2, -0.15) is 0 Å². The van der Waals surface area contributed by atoms with Crippen molar-refractivity contribution in [2.45, 2.75) is 25.4 Å². The Morgan fingerprint density at radius 3 is 2.40 bits per heavy atom. The second-order valence-corrected chi connectivity index (χ2v) is 6.26. The predicted octanol–water partition coefficient (Wildman–Crippen LogP) is 2.68. The number of carbonyl (C=O) groups is 1. The quantitative estimate of drug-likeness (QED) is 0.909. The van der Waals surface area contributed by atoms with Crippen molar-refractivity contribution >= 4 is 5.91 Å². The molecule has 1 unspecified atom stereocenters. The SMILES string of the molecule is COc1cc2c(cc1OC)CN(C(=O)CC(N)c1ccccc1)CC2. The summed E-state index contributed by atoms with van der Waals surface area (Å²) >= 11 is 0. The van der Waals surface area contributed by atoms with Crippen molar-refractivity contribution in [3.8, 4) is 11.5 Å². The van der Waals surface area contributed by atoms with Crippen molar-refractivity contribution in [3.63, 3.8) is 0 Å². The number of carbonyl (C=O) groups excluding carboxylic acids is 1. The average molecular weight is 340 g/mol. The second-order valence-electron chi connectivity index (χ2n) is 6.26. The Kier molecular flexibility index (Phi) is 5.24. The Hall–Kier alpha value is -2.53. The lowest BCUT2D eigenvalue weighted by Gasteiger charge is -2.30. The van der Waals surface area contributed by atoms with Gasteiger partial charge >= 0.3 is 0 Å². The molecule has 0 radical (unpaired) electrons. The van der Waals surface area contributed by atoms with Gasteiger partial charge in [-0.15, -0.1) is 0 Å². The maximum atomic E-state index is 12.7. The molecule has 0 saturated heterocycles. The molecule has 1 amide bonds.